The van der Waals surface area contributed by atoms with Crippen LogP contribution in [-0.2, 0) is 6.42 Å². The number of aromatic nitrogens is 4. The van der Waals surface area contributed by atoms with E-state index >= 15 is 0 Å². The quantitative estimate of drug-likeness (QED) is 0.426. The summed E-state index contributed by atoms with van der Waals surface area (Å²) < 4.78 is 3.16. The number of nitrogens with two attached hydrogens (primary N) is 2. The summed E-state index contributed by atoms with van der Waals surface area (Å²) in [5.41, 5.74) is 13.2. The minimum Gasteiger partial charge on any atom is -0.382 e. The average molecular weight is 461 g/mol. The molecule has 0 spiro atoms. The van der Waals surface area contributed by atoms with Gasteiger partial charge in [0, 0.05) is 17.6 Å². The lowest BCUT2D eigenvalue weighted by atomic mass is 10.1. The van der Waals surface area contributed by atoms with Crippen molar-refractivity contribution in [3.63, 3.8) is 0 Å². The maximum absolute atomic E-state index is 12.8. The van der Waals surface area contributed by atoms with Gasteiger partial charge in [0.25, 0.3) is 11.5 Å². The van der Waals surface area contributed by atoms with Gasteiger partial charge < -0.3 is 11.5 Å². The fraction of sp³-hybridized carbons (Fsp3) is 0.0833. The van der Waals surface area contributed by atoms with Crippen LogP contribution in [0.15, 0.2) is 78.0 Å². The molecule has 0 saturated heterocycles. The second-order valence-electron chi connectivity index (χ2n) is 7.20. The predicted molar refractivity (Wildman–Crippen MR) is 130 cm³/mol. The molecule has 5 rings (SSSR count). The van der Waals surface area contributed by atoms with Crippen molar-refractivity contribution in [2.45, 2.75) is 13.3 Å². The van der Waals surface area contributed by atoms with Crippen LogP contribution in [0.1, 0.15) is 23.0 Å². The maximum Gasteiger partial charge on any atom is 0.264 e. The van der Waals surface area contributed by atoms with Crippen molar-refractivity contribution in [2.75, 3.05) is 5.73 Å². The van der Waals surface area contributed by atoms with Gasteiger partial charge in [-0.25, -0.2) is 9.50 Å². The standard InChI is InChI=1S/C17H14ClNO.C7H7N5O/c1-2-13-11-12-7-6-10-15(18)16(12)17(20)19(13)14-8-4-3-5-9-14;8-6-5(7(9)13)4-1-2-10-3-12(4)11-6/h3-11H,2H2,1H3;1-3H,(H2,8,11)(H2,9,13). The van der Waals surface area contributed by atoms with Crippen LogP contribution in [-0.4, -0.2) is 25.1 Å². The molecule has 0 bridgehead atoms. The number of primary amides is 1. The lowest BCUT2D eigenvalue weighted by Gasteiger charge is -2.14. The van der Waals surface area contributed by atoms with E-state index < -0.39 is 5.91 Å². The highest BCUT2D eigenvalue weighted by Crippen LogP contribution is 2.22. The largest absolute Gasteiger partial charge is 0.382 e. The lowest BCUT2D eigenvalue weighted by Crippen LogP contribution is -2.22. The third-order valence-electron chi connectivity index (χ3n) is 5.16. The van der Waals surface area contributed by atoms with E-state index in [-0.39, 0.29) is 16.9 Å². The Labute approximate surface area is 194 Å². The number of carbonyl (C=O) groups is 1. The van der Waals surface area contributed by atoms with Gasteiger partial charge in [-0.1, -0.05) is 48.9 Å². The van der Waals surface area contributed by atoms with Gasteiger partial charge in [-0.15, -0.1) is 5.10 Å². The van der Waals surface area contributed by atoms with Crippen LogP contribution >= 0.6 is 11.6 Å². The molecule has 5 aromatic rings. The molecule has 166 valence electrons. The summed E-state index contributed by atoms with van der Waals surface area (Å²) in [7, 11) is 0. The van der Waals surface area contributed by atoms with Crippen molar-refractivity contribution in [3.8, 4) is 5.69 Å². The first-order valence-electron chi connectivity index (χ1n) is 10.2. The topological polar surface area (TPSA) is 121 Å². The highest BCUT2D eigenvalue weighted by molar-refractivity contribution is 6.35. The molecular formula is C24H21ClN6O2. The Hall–Kier alpha value is -4.17. The monoisotopic (exact) mass is 460 g/mol. The number of nitrogen functional groups attached to an aromatic ring is 1. The Kier molecular flexibility index (Phi) is 6.10. The maximum atomic E-state index is 12.8. The number of amides is 1. The van der Waals surface area contributed by atoms with Gasteiger partial charge in [-0.2, -0.15) is 0 Å². The Balaban J connectivity index is 0.000000172. The third kappa shape index (κ3) is 4.16. The summed E-state index contributed by atoms with van der Waals surface area (Å²) in [5, 5.41) is 5.84. The van der Waals surface area contributed by atoms with E-state index in [1.54, 1.807) is 22.9 Å². The predicted octanol–water partition coefficient (Wildman–Crippen LogP) is 3.62. The van der Waals surface area contributed by atoms with Gasteiger partial charge in [0.15, 0.2) is 5.82 Å². The number of rotatable bonds is 3. The van der Waals surface area contributed by atoms with Crippen molar-refractivity contribution in [2.24, 2.45) is 5.73 Å². The number of halogens is 1. The molecule has 0 saturated carbocycles. The van der Waals surface area contributed by atoms with Gasteiger partial charge in [0.1, 0.15) is 11.9 Å². The molecule has 0 fully saturated rings. The Bertz CT molecular complexity index is 1530. The highest BCUT2D eigenvalue weighted by Gasteiger charge is 2.14. The molecule has 4 N–H and O–H groups in total. The molecule has 0 aliphatic carbocycles. The summed E-state index contributed by atoms with van der Waals surface area (Å²) >= 11 is 6.20. The number of para-hydroxylation sites is 1. The summed E-state index contributed by atoms with van der Waals surface area (Å²) in [6, 6.07) is 18.9. The molecule has 2 aromatic carbocycles. The van der Waals surface area contributed by atoms with Crippen LogP contribution in [0, 0.1) is 0 Å². The molecule has 3 heterocycles. The number of carbonyl (C=O) groups excluding carboxylic acids is 1. The Morgan fingerprint density at radius 1 is 1.09 bits per heavy atom. The number of nitrogens with zero attached hydrogens (tertiary/aromatic N) is 4. The number of benzene rings is 2. The second-order valence-corrected chi connectivity index (χ2v) is 7.61. The first-order valence-corrected chi connectivity index (χ1v) is 10.6. The number of hydrogen-bond acceptors (Lipinski definition) is 5. The van der Waals surface area contributed by atoms with E-state index in [0.717, 1.165) is 23.2 Å². The zero-order valence-corrected chi connectivity index (χ0v) is 18.5. The van der Waals surface area contributed by atoms with Crippen LogP contribution in [0.5, 0.6) is 0 Å². The van der Waals surface area contributed by atoms with E-state index in [0.29, 0.717) is 15.9 Å². The molecule has 8 nitrogen and oxygen atoms in total. The minimum absolute atomic E-state index is 0.0591. The Morgan fingerprint density at radius 2 is 1.85 bits per heavy atom. The zero-order valence-electron chi connectivity index (χ0n) is 17.8. The van der Waals surface area contributed by atoms with Crippen LogP contribution in [0.2, 0.25) is 5.02 Å². The van der Waals surface area contributed by atoms with E-state index in [2.05, 4.69) is 10.1 Å². The van der Waals surface area contributed by atoms with Crippen LogP contribution in [0.25, 0.3) is 22.0 Å². The molecule has 0 aliphatic rings. The van der Waals surface area contributed by atoms with E-state index in [1.165, 1.54) is 10.8 Å². The third-order valence-corrected chi connectivity index (χ3v) is 5.48. The highest BCUT2D eigenvalue weighted by atomic mass is 35.5. The summed E-state index contributed by atoms with van der Waals surface area (Å²) in [5.74, 6) is -0.459. The molecular weight excluding hydrogens is 440 g/mol. The molecule has 1 amide bonds. The zero-order chi connectivity index (χ0) is 23.5. The lowest BCUT2D eigenvalue weighted by molar-refractivity contribution is 0.100. The van der Waals surface area contributed by atoms with Gasteiger partial charge >= 0.3 is 0 Å². The number of anilines is 1. The van der Waals surface area contributed by atoms with E-state index in [9.17, 15) is 9.59 Å². The Morgan fingerprint density at radius 3 is 2.55 bits per heavy atom. The molecule has 33 heavy (non-hydrogen) atoms. The van der Waals surface area contributed by atoms with Crippen molar-refractivity contribution >= 4 is 39.6 Å². The van der Waals surface area contributed by atoms with Crippen molar-refractivity contribution in [1.29, 1.82) is 0 Å². The molecule has 9 heteroatoms. The van der Waals surface area contributed by atoms with E-state index in [1.807, 2.05) is 55.5 Å². The van der Waals surface area contributed by atoms with Crippen molar-refractivity contribution in [1.82, 2.24) is 19.2 Å². The van der Waals surface area contributed by atoms with Gasteiger partial charge in [-0.3, -0.25) is 14.2 Å². The summed E-state index contributed by atoms with van der Waals surface area (Å²) in [6.07, 6.45) is 3.79. The van der Waals surface area contributed by atoms with E-state index in [4.69, 9.17) is 23.1 Å². The molecule has 3 aromatic heterocycles. The molecule has 0 radical (unpaired) electrons. The van der Waals surface area contributed by atoms with Gasteiger partial charge in [0.2, 0.25) is 0 Å². The van der Waals surface area contributed by atoms with Crippen LogP contribution in [0.4, 0.5) is 5.82 Å². The number of hydrogen-bond donors (Lipinski definition) is 2. The number of aryl methyl sites for hydroxylation is 1. The van der Waals surface area contributed by atoms with Gasteiger partial charge in [0.05, 0.1) is 15.9 Å². The first kappa shape index (κ1) is 22.0. The smallest absolute Gasteiger partial charge is 0.264 e. The SMILES string of the molecule is CCc1cc2cccc(Cl)c2c(=O)n1-c1ccccc1.NC(=O)c1c(N)nn2cnccc12. The second kappa shape index (κ2) is 9.13. The average Bonchev–Trinajstić information content (AvgIpc) is 3.15. The van der Waals surface area contributed by atoms with Crippen LogP contribution < -0.4 is 17.0 Å². The molecule has 0 aliphatic heterocycles. The molecule has 0 atom stereocenters. The van der Waals surface area contributed by atoms with Crippen molar-refractivity contribution in [3.05, 3.63) is 99.8 Å². The van der Waals surface area contributed by atoms with Crippen molar-refractivity contribution < 1.29 is 4.79 Å². The van der Waals surface area contributed by atoms with Crippen LogP contribution in [0.3, 0.4) is 0 Å². The fourth-order valence-corrected chi connectivity index (χ4v) is 3.94. The summed E-state index contributed by atoms with van der Waals surface area (Å²) in [4.78, 5) is 27.6. The number of fused-ring (bicyclic) bond motifs is 2. The minimum atomic E-state index is -0.585. The van der Waals surface area contributed by atoms with Gasteiger partial charge in [-0.05, 0) is 42.1 Å². The normalized spacial score (nSPS) is 10.7. The first-order chi connectivity index (χ1) is 15.9. The fourth-order valence-electron chi connectivity index (χ4n) is 3.67. The summed E-state index contributed by atoms with van der Waals surface area (Å²) in [6.45, 7) is 2.05. The molecule has 0 unspecified atom stereocenters. The number of pyridine rings is 1.